The van der Waals surface area contributed by atoms with Crippen molar-refractivity contribution in [1.82, 2.24) is 10.2 Å². The molecule has 1 saturated heterocycles. The Morgan fingerprint density at radius 1 is 1.14 bits per heavy atom. The molecule has 1 atom stereocenters. The van der Waals surface area contributed by atoms with Crippen molar-refractivity contribution in [2.75, 3.05) is 19.6 Å². The number of nitrogens with one attached hydrogen (secondary N) is 1. The zero-order valence-corrected chi connectivity index (χ0v) is 12.5. The predicted octanol–water partition coefficient (Wildman–Crippen LogP) is 3.63. The van der Waals surface area contributed by atoms with Crippen molar-refractivity contribution in [2.45, 2.75) is 12.6 Å². The molecule has 0 radical (unpaired) electrons. The molecule has 0 aromatic heterocycles. The molecule has 21 heavy (non-hydrogen) atoms. The van der Waals surface area contributed by atoms with E-state index in [-0.39, 0.29) is 11.9 Å². The summed E-state index contributed by atoms with van der Waals surface area (Å²) in [5.74, 6) is -0.229. The van der Waals surface area contributed by atoms with Gasteiger partial charge in [-0.25, -0.2) is 4.39 Å². The Morgan fingerprint density at radius 2 is 1.95 bits per heavy atom. The highest BCUT2D eigenvalue weighted by Crippen LogP contribution is 2.27. The van der Waals surface area contributed by atoms with Crippen LogP contribution < -0.4 is 5.32 Å². The SMILES string of the molecule is Fc1cccc(Cl)c1CN1CCNCC1c1ccccc1. The van der Waals surface area contributed by atoms with E-state index < -0.39 is 0 Å². The zero-order valence-electron chi connectivity index (χ0n) is 11.7. The van der Waals surface area contributed by atoms with Gasteiger partial charge in [0, 0.05) is 42.8 Å². The van der Waals surface area contributed by atoms with Crippen LogP contribution in [0.5, 0.6) is 0 Å². The highest BCUT2D eigenvalue weighted by Gasteiger charge is 2.25. The summed E-state index contributed by atoms with van der Waals surface area (Å²) in [6.45, 7) is 3.20. The molecule has 0 amide bonds. The summed E-state index contributed by atoms with van der Waals surface area (Å²) < 4.78 is 14.0. The monoisotopic (exact) mass is 304 g/mol. The van der Waals surface area contributed by atoms with Gasteiger partial charge in [0.25, 0.3) is 0 Å². The fourth-order valence-electron chi connectivity index (χ4n) is 2.83. The van der Waals surface area contributed by atoms with Gasteiger partial charge >= 0.3 is 0 Å². The molecule has 0 bridgehead atoms. The summed E-state index contributed by atoms with van der Waals surface area (Å²) in [5, 5.41) is 3.91. The first kappa shape index (κ1) is 14.5. The first-order valence-electron chi connectivity index (χ1n) is 7.18. The van der Waals surface area contributed by atoms with Crippen LogP contribution in [0.2, 0.25) is 5.02 Å². The average Bonchev–Trinajstić information content (AvgIpc) is 2.52. The van der Waals surface area contributed by atoms with Gasteiger partial charge in [-0.05, 0) is 17.7 Å². The summed E-state index contributed by atoms with van der Waals surface area (Å²) >= 11 is 6.16. The van der Waals surface area contributed by atoms with Gasteiger partial charge in [0.05, 0.1) is 0 Å². The van der Waals surface area contributed by atoms with Crippen LogP contribution in [-0.2, 0) is 6.54 Å². The standard InChI is InChI=1S/C17H18ClFN2/c18-15-7-4-8-16(19)14(15)12-21-10-9-20-11-17(21)13-5-2-1-3-6-13/h1-8,17,20H,9-12H2. The molecule has 110 valence electrons. The molecule has 2 aromatic rings. The van der Waals surface area contributed by atoms with Gasteiger partial charge in [-0.1, -0.05) is 48.0 Å². The quantitative estimate of drug-likeness (QED) is 0.931. The highest BCUT2D eigenvalue weighted by molar-refractivity contribution is 6.31. The number of rotatable bonds is 3. The van der Waals surface area contributed by atoms with Crippen LogP contribution in [0.1, 0.15) is 17.2 Å². The Kier molecular flexibility index (Phi) is 4.54. The second-order valence-electron chi connectivity index (χ2n) is 5.30. The first-order valence-corrected chi connectivity index (χ1v) is 7.56. The molecule has 1 N–H and O–H groups in total. The minimum absolute atomic E-state index is 0.229. The normalized spacial score (nSPS) is 19.6. The van der Waals surface area contributed by atoms with Gasteiger partial charge in [-0.15, -0.1) is 0 Å². The molecular weight excluding hydrogens is 287 g/mol. The summed E-state index contributed by atoms with van der Waals surface area (Å²) in [4.78, 5) is 2.29. The van der Waals surface area contributed by atoms with Crippen molar-refractivity contribution in [1.29, 1.82) is 0 Å². The number of halogens is 2. The van der Waals surface area contributed by atoms with Crippen LogP contribution in [0.25, 0.3) is 0 Å². The maximum atomic E-state index is 14.0. The Hall–Kier alpha value is -1.42. The maximum absolute atomic E-state index is 14.0. The lowest BCUT2D eigenvalue weighted by Crippen LogP contribution is -2.45. The van der Waals surface area contributed by atoms with Gasteiger partial charge in [-0.2, -0.15) is 0 Å². The van der Waals surface area contributed by atoms with Gasteiger partial charge in [0.1, 0.15) is 5.82 Å². The minimum atomic E-state index is -0.229. The van der Waals surface area contributed by atoms with E-state index in [4.69, 9.17) is 11.6 Å². The summed E-state index contributed by atoms with van der Waals surface area (Å²) in [7, 11) is 0. The molecule has 1 heterocycles. The van der Waals surface area contributed by atoms with E-state index in [0.717, 1.165) is 19.6 Å². The summed E-state index contributed by atoms with van der Waals surface area (Å²) in [5.41, 5.74) is 1.83. The molecular formula is C17H18ClFN2. The van der Waals surface area contributed by atoms with Gasteiger partial charge in [0.15, 0.2) is 0 Å². The Bertz CT molecular complexity index is 583. The fraction of sp³-hybridized carbons (Fsp3) is 0.294. The van der Waals surface area contributed by atoms with Crippen molar-refractivity contribution in [3.63, 3.8) is 0 Å². The molecule has 1 unspecified atom stereocenters. The highest BCUT2D eigenvalue weighted by atomic mass is 35.5. The molecule has 4 heteroatoms. The van der Waals surface area contributed by atoms with Crippen molar-refractivity contribution < 1.29 is 4.39 Å². The van der Waals surface area contributed by atoms with Crippen molar-refractivity contribution in [3.8, 4) is 0 Å². The van der Waals surface area contributed by atoms with Crippen molar-refractivity contribution >= 4 is 11.6 Å². The Morgan fingerprint density at radius 3 is 2.71 bits per heavy atom. The van der Waals surface area contributed by atoms with E-state index in [1.807, 2.05) is 18.2 Å². The van der Waals surface area contributed by atoms with E-state index in [1.165, 1.54) is 11.6 Å². The number of hydrogen-bond donors (Lipinski definition) is 1. The smallest absolute Gasteiger partial charge is 0.129 e. The van der Waals surface area contributed by atoms with Crippen molar-refractivity contribution in [2.24, 2.45) is 0 Å². The molecule has 3 rings (SSSR count). The van der Waals surface area contributed by atoms with Crippen LogP contribution in [0, 0.1) is 5.82 Å². The van der Waals surface area contributed by atoms with E-state index in [9.17, 15) is 4.39 Å². The lowest BCUT2D eigenvalue weighted by Gasteiger charge is -2.36. The zero-order chi connectivity index (χ0) is 14.7. The van der Waals surface area contributed by atoms with Gasteiger partial charge < -0.3 is 5.32 Å². The molecule has 0 saturated carbocycles. The number of hydrogen-bond acceptors (Lipinski definition) is 2. The van der Waals surface area contributed by atoms with Gasteiger partial charge in [0.2, 0.25) is 0 Å². The summed E-state index contributed by atoms with van der Waals surface area (Å²) in [6, 6.07) is 15.4. The van der Waals surface area contributed by atoms with E-state index in [2.05, 4.69) is 22.3 Å². The molecule has 2 aromatic carbocycles. The number of piperazine rings is 1. The Balaban J connectivity index is 1.85. The largest absolute Gasteiger partial charge is 0.314 e. The van der Waals surface area contributed by atoms with E-state index in [1.54, 1.807) is 12.1 Å². The van der Waals surface area contributed by atoms with Crippen molar-refractivity contribution in [3.05, 3.63) is 70.5 Å². The lowest BCUT2D eigenvalue weighted by atomic mass is 10.0. The second kappa shape index (κ2) is 6.56. The Labute approximate surface area is 129 Å². The fourth-order valence-corrected chi connectivity index (χ4v) is 3.05. The second-order valence-corrected chi connectivity index (χ2v) is 5.71. The summed E-state index contributed by atoms with van der Waals surface area (Å²) in [6.07, 6.45) is 0. The molecule has 1 fully saturated rings. The number of benzene rings is 2. The van der Waals surface area contributed by atoms with Gasteiger partial charge in [-0.3, -0.25) is 4.90 Å². The third-order valence-corrected chi connectivity index (χ3v) is 4.32. The third kappa shape index (κ3) is 3.26. The van der Waals surface area contributed by atoms with Crippen LogP contribution in [0.4, 0.5) is 4.39 Å². The van der Waals surface area contributed by atoms with Crippen LogP contribution in [0.3, 0.4) is 0 Å². The lowest BCUT2D eigenvalue weighted by molar-refractivity contribution is 0.152. The molecule has 0 spiro atoms. The molecule has 1 aliphatic rings. The first-order chi connectivity index (χ1) is 10.3. The molecule has 1 aliphatic heterocycles. The molecule has 0 aliphatic carbocycles. The predicted molar refractivity (Wildman–Crippen MR) is 83.9 cm³/mol. The van der Waals surface area contributed by atoms with E-state index >= 15 is 0 Å². The van der Waals surface area contributed by atoms with E-state index in [0.29, 0.717) is 17.1 Å². The average molecular weight is 305 g/mol. The third-order valence-electron chi connectivity index (χ3n) is 3.96. The molecule has 2 nitrogen and oxygen atoms in total. The van der Waals surface area contributed by atoms with Crippen LogP contribution >= 0.6 is 11.6 Å². The van der Waals surface area contributed by atoms with Crippen LogP contribution in [0.15, 0.2) is 48.5 Å². The van der Waals surface area contributed by atoms with Crippen LogP contribution in [-0.4, -0.2) is 24.5 Å². The number of nitrogens with zero attached hydrogens (tertiary/aromatic N) is 1. The minimum Gasteiger partial charge on any atom is -0.314 e. The topological polar surface area (TPSA) is 15.3 Å². The maximum Gasteiger partial charge on any atom is 0.129 e.